The van der Waals surface area contributed by atoms with Crippen molar-refractivity contribution < 1.29 is 0 Å². The number of hydrogen-bond acceptors (Lipinski definition) is 4. The molecule has 2 aliphatic rings. The molecule has 1 aromatic heterocycles. The fraction of sp³-hybridized carbons (Fsp3) is 0.400. The van der Waals surface area contributed by atoms with E-state index < -0.39 is 0 Å². The van der Waals surface area contributed by atoms with E-state index in [9.17, 15) is 0 Å². The predicted octanol–water partition coefficient (Wildman–Crippen LogP) is 4.72. The number of piperazine rings is 1. The van der Waals surface area contributed by atoms with Gasteiger partial charge in [0.05, 0.1) is 5.69 Å². The van der Waals surface area contributed by atoms with Crippen molar-refractivity contribution in [2.45, 2.75) is 51.4 Å². The van der Waals surface area contributed by atoms with Gasteiger partial charge in [0.15, 0.2) is 5.82 Å². The van der Waals surface area contributed by atoms with Crippen LogP contribution < -0.4 is 10.2 Å². The molecule has 1 N–H and O–H groups in total. The maximum Gasteiger partial charge on any atom is 0.151 e. The van der Waals surface area contributed by atoms with Gasteiger partial charge in [-0.3, -0.25) is 4.90 Å². The summed E-state index contributed by atoms with van der Waals surface area (Å²) < 4.78 is 2.00. The average molecular weight is 402 g/mol. The monoisotopic (exact) mass is 401 g/mol. The van der Waals surface area contributed by atoms with Gasteiger partial charge in [0.1, 0.15) is 0 Å². The number of hydrogen-bond donors (Lipinski definition) is 1. The third-order valence-electron chi connectivity index (χ3n) is 6.61. The lowest BCUT2D eigenvalue weighted by atomic mass is 10.1. The first-order chi connectivity index (χ1) is 14.6. The molecule has 2 saturated heterocycles. The number of anilines is 2. The van der Waals surface area contributed by atoms with Crippen LogP contribution in [0, 0.1) is 0 Å². The molecular weight excluding hydrogens is 370 g/mol. The smallest absolute Gasteiger partial charge is 0.151 e. The Morgan fingerprint density at radius 3 is 2.50 bits per heavy atom. The average Bonchev–Trinajstić information content (AvgIpc) is 3.50. The van der Waals surface area contributed by atoms with Crippen LogP contribution in [0.4, 0.5) is 11.5 Å². The lowest BCUT2D eigenvalue weighted by Gasteiger charge is -2.36. The summed E-state index contributed by atoms with van der Waals surface area (Å²) in [6, 6.07) is 23.4. The fourth-order valence-electron chi connectivity index (χ4n) is 5.04. The number of benzene rings is 2. The molecule has 2 aromatic carbocycles. The molecule has 5 nitrogen and oxygen atoms in total. The topological polar surface area (TPSA) is 36.3 Å². The summed E-state index contributed by atoms with van der Waals surface area (Å²) >= 11 is 0. The minimum atomic E-state index is 0.249. The Morgan fingerprint density at radius 1 is 0.933 bits per heavy atom. The van der Waals surface area contributed by atoms with E-state index in [1.54, 1.807) is 0 Å². The molecule has 3 atom stereocenters. The Hall–Kier alpha value is -2.79. The second-order valence-electron chi connectivity index (χ2n) is 8.93. The van der Waals surface area contributed by atoms with Crippen LogP contribution in [-0.4, -0.2) is 45.9 Å². The van der Waals surface area contributed by atoms with Crippen molar-refractivity contribution >= 4 is 11.5 Å². The number of fused-ring (bicyclic) bond motifs is 2. The van der Waals surface area contributed by atoms with Gasteiger partial charge in [0.25, 0.3) is 0 Å². The molecule has 2 aliphatic heterocycles. The van der Waals surface area contributed by atoms with Crippen molar-refractivity contribution in [2.24, 2.45) is 0 Å². The normalized spacial score (nSPS) is 22.1. The molecule has 0 radical (unpaired) electrons. The van der Waals surface area contributed by atoms with Crippen LogP contribution in [-0.2, 0) is 0 Å². The zero-order chi connectivity index (χ0) is 20.7. The van der Waals surface area contributed by atoms with Gasteiger partial charge in [-0.2, -0.15) is 5.10 Å². The highest BCUT2D eigenvalue weighted by Crippen LogP contribution is 2.35. The Kier molecular flexibility index (Phi) is 4.99. The molecule has 5 rings (SSSR count). The summed E-state index contributed by atoms with van der Waals surface area (Å²) in [6.45, 7) is 9.05. The molecule has 2 bridgehead atoms. The molecule has 3 aromatic rings. The first-order valence-electron chi connectivity index (χ1n) is 11.1. The summed E-state index contributed by atoms with van der Waals surface area (Å²) in [5.74, 6) is 1.10. The minimum Gasteiger partial charge on any atom is -0.378 e. The van der Waals surface area contributed by atoms with Gasteiger partial charge in [-0.25, -0.2) is 4.68 Å². The Balaban J connectivity index is 1.30. The van der Waals surface area contributed by atoms with Gasteiger partial charge in [0.2, 0.25) is 0 Å². The highest BCUT2D eigenvalue weighted by Gasteiger charge is 2.44. The minimum absolute atomic E-state index is 0.249. The molecule has 5 heteroatoms. The van der Waals surface area contributed by atoms with Gasteiger partial charge in [-0.15, -0.1) is 0 Å². The molecule has 30 heavy (non-hydrogen) atoms. The number of likely N-dealkylation sites (tertiary alicyclic amines) is 1. The summed E-state index contributed by atoms with van der Waals surface area (Å²) in [5, 5.41) is 8.54. The van der Waals surface area contributed by atoms with E-state index in [0.717, 1.165) is 30.3 Å². The molecule has 0 saturated carbocycles. The molecule has 156 valence electrons. The third kappa shape index (κ3) is 3.58. The standard InChI is InChI=1S/C25H31N5/c1-18(2)28-16-24-15-23(28)17-29(24)25-12-13-30(27-25)22-11-7-10-21(14-22)26-19(3)20-8-5-4-6-9-20/h4-14,18-19,23-24,26H,15-17H2,1-3H3/t19-,23-,24?/m0/s1. The van der Waals surface area contributed by atoms with Gasteiger partial charge < -0.3 is 10.2 Å². The Labute approximate surface area is 179 Å². The van der Waals surface area contributed by atoms with E-state index in [-0.39, 0.29) is 6.04 Å². The van der Waals surface area contributed by atoms with Crippen LogP contribution in [0.15, 0.2) is 66.9 Å². The van der Waals surface area contributed by atoms with Crippen molar-refractivity contribution in [1.29, 1.82) is 0 Å². The molecule has 2 fully saturated rings. The molecule has 1 unspecified atom stereocenters. The molecule has 0 amide bonds. The van der Waals surface area contributed by atoms with Crippen LogP contribution in [0.5, 0.6) is 0 Å². The second-order valence-corrected chi connectivity index (χ2v) is 8.93. The van der Waals surface area contributed by atoms with Gasteiger partial charge in [-0.05, 0) is 51.0 Å². The predicted molar refractivity (Wildman–Crippen MR) is 123 cm³/mol. The molecular formula is C25H31N5. The van der Waals surface area contributed by atoms with Crippen molar-refractivity contribution in [3.05, 3.63) is 72.4 Å². The fourth-order valence-corrected chi connectivity index (χ4v) is 5.04. The quantitative estimate of drug-likeness (QED) is 0.649. The van der Waals surface area contributed by atoms with Crippen molar-refractivity contribution in [3.63, 3.8) is 0 Å². The van der Waals surface area contributed by atoms with E-state index >= 15 is 0 Å². The first kappa shape index (κ1) is 19.2. The molecule has 0 spiro atoms. The van der Waals surface area contributed by atoms with Crippen LogP contribution in [0.25, 0.3) is 5.69 Å². The molecule has 3 heterocycles. The van der Waals surface area contributed by atoms with E-state index in [0.29, 0.717) is 18.1 Å². The van der Waals surface area contributed by atoms with Crippen molar-refractivity contribution in [3.8, 4) is 5.69 Å². The van der Waals surface area contributed by atoms with E-state index in [1.165, 1.54) is 12.0 Å². The summed E-state index contributed by atoms with van der Waals surface area (Å²) in [6.07, 6.45) is 3.35. The van der Waals surface area contributed by atoms with Crippen LogP contribution >= 0.6 is 0 Å². The highest BCUT2D eigenvalue weighted by atomic mass is 15.4. The summed E-state index contributed by atoms with van der Waals surface area (Å²) in [7, 11) is 0. The Bertz CT molecular complexity index is 996. The SMILES string of the molecule is CC(C)N1CC2C[C@H]1CN2c1ccn(-c2cccc(N[C@@H](C)c3ccccc3)c2)n1. The number of rotatable bonds is 6. The van der Waals surface area contributed by atoms with E-state index in [4.69, 9.17) is 5.10 Å². The summed E-state index contributed by atoms with van der Waals surface area (Å²) in [4.78, 5) is 5.14. The molecule has 0 aliphatic carbocycles. The van der Waals surface area contributed by atoms with E-state index in [1.807, 2.05) is 4.68 Å². The maximum atomic E-state index is 4.93. The van der Waals surface area contributed by atoms with Crippen LogP contribution in [0.3, 0.4) is 0 Å². The van der Waals surface area contributed by atoms with Crippen LogP contribution in [0.2, 0.25) is 0 Å². The first-order valence-corrected chi connectivity index (χ1v) is 11.1. The largest absolute Gasteiger partial charge is 0.378 e. The number of nitrogens with one attached hydrogen (secondary N) is 1. The van der Waals surface area contributed by atoms with Gasteiger partial charge >= 0.3 is 0 Å². The zero-order valence-electron chi connectivity index (χ0n) is 18.1. The van der Waals surface area contributed by atoms with Crippen LogP contribution in [0.1, 0.15) is 38.8 Å². The van der Waals surface area contributed by atoms with Crippen molar-refractivity contribution in [2.75, 3.05) is 23.3 Å². The van der Waals surface area contributed by atoms with Gasteiger partial charge in [-0.1, -0.05) is 36.4 Å². The summed E-state index contributed by atoms with van der Waals surface area (Å²) in [5.41, 5.74) is 3.47. The third-order valence-corrected chi connectivity index (χ3v) is 6.61. The number of aromatic nitrogens is 2. The maximum absolute atomic E-state index is 4.93. The lowest BCUT2D eigenvalue weighted by Crippen LogP contribution is -2.49. The second kappa shape index (κ2) is 7.80. The van der Waals surface area contributed by atoms with Gasteiger partial charge in [0, 0.05) is 55.2 Å². The van der Waals surface area contributed by atoms with E-state index in [2.05, 4.69) is 103 Å². The van der Waals surface area contributed by atoms with Crippen molar-refractivity contribution in [1.82, 2.24) is 14.7 Å². The lowest BCUT2D eigenvalue weighted by molar-refractivity contribution is 0.191. The Morgan fingerprint density at radius 2 is 1.77 bits per heavy atom. The highest BCUT2D eigenvalue weighted by molar-refractivity contribution is 5.53. The number of nitrogens with zero attached hydrogens (tertiary/aromatic N) is 4. The zero-order valence-corrected chi connectivity index (χ0v) is 18.1.